The normalized spacial score (nSPS) is 14.9. The number of carboxylic acid groups (broad SMARTS) is 1. The van der Waals surface area contributed by atoms with E-state index in [4.69, 9.17) is 4.74 Å². The highest BCUT2D eigenvalue weighted by atomic mass is 16.5. The molecule has 1 fully saturated rings. The molecule has 0 bridgehead atoms. The number of carboxylic acids is 1. The lowest BCUT2D eigenvalue weighted by Gasteiger charge is -2.18. The van der Waals surface area contributed by atoms with Crippen LogP contribution in [0.2, 0.25) is 0 Å². The molecule has 0 spiro atoms. The molecule has 0 saturated heterocycles. The van der Waals surface area contributed by atoms with Crippen molar-refractivity contribution in [2.45, 2.75) is 116 Å². The summed E-state index contributed by atoms with van der Waals surface area (Å²) in [6, 6.07) is 6.99. The van der Waals surface area contributed by atoms with E-state index in [1.165, 1.54) is 42.4 Å². The monoisotopic (exact) mass is 430 g/mol. The topological polar surface area (TPSA) is 63.6 Å². The molecule has 4 nitrogen and oxygen atoms in total. The van der Waals surface area contributed by atoms with Gasteiger partial charge in [-0.2, -0.15) is 0 Å². The van der Waals surface area contributed by atoms with Gasteiger partial charge in [-0.25, -0.2) is 0 Å². The van der Waals surface area contributed by atoms with Crippen molar-refractivity contribution in [3.63, 3.8) is 0 Å². The predicted molar refractivity (Wildman–Crippen MR) is 125 cm³/mol. The molecule has 0 radical (unpaired) electrons. The van der Waals surface area contributed by atoms with E-state index in [-0.39, 0.29) is 5.60 Å². The van der Waals surface area contributed by atoms with Gasteiger partial charge in [-0.05, 0) is 89.7 Å². The number of aliphatic carboxylic acids is 1. The minimum Gasteiger partial charge on any atom is -0.481 e. The predicted octanol–water partition coefficient (Wildman–Crippen LogP) is 6.80. The molecule has 0 unspecified atom stereocenters. The van der Waals surface area contributed by atoms with E-state index >= 15 is 0 Å². The van der Waals surface area contributed by atoms with Gasteiger partial charge in [-0.3, -0.25) is 9.59 Å². The molecule has 1 aromatic rings. The van der Waals surface area contributed by atoms with Crippen LogP contribution in [0.5, 0.6) is 0 Å². The van der Waals surface area contributed by atoms with Gasteiger partial charge in [0, 0.05) is 0 Å². The highest BCUT2D eigenvalue weighted by Gasteiger charge is 2.44. The Morgan fingerprint density at radius 1 is 0.968 bits per heavy atom. The zero-order valence-electron chi connectivity index (χ0n) is 19.9. The van der Waals surface area contributed by atoms with E-state index in [1.807, 2.05) is 13.8 Å². The SMILES string of the molecule is Cc1cc(CCCCCCC2(OC=O)CC2)cc(CCCCCCC(C)(C)C(=O)O)c1. The first kappa shape index (κ1) is 25.4. The van der Waals surface area contributed by atoms with Crippen LogP contribution in [0.15, 0.2) is 18.2 Å². The van der Waals surface area contributed by atoms with Gasteiger partial charge in [0.15, 0.2) is 0 Å². The molecule has 0 atom stereocenters. The molecule has 31 heavy (non-hydrogen) atoms. The minimum atomic E-state index is -0.696. The molecular weight excluding hydrogens is 388 g/mol. The summed E-state index contributed by atoms with van der Waals surface area (Å²) >= 11 is 0. The van der Waals surface area contributed by atoms with Crippen LogP contribution in [0.1, 0.15) is 108 Å². The summed E-state index contributed by atoms with van der Waals surface area (Å²) in [5.41, 5.74) is 3.52. The number of hydrogen-bond donors (Lipinski definition) is 1. The van der Waals surface area contributed by atoms with Crippen LogP contribution in [-0.2, 0) is 27.2 Å². The standard InChI is InChI=1S/C27H42O4/c1-22-18-23(12-8-4-6-10-14-26(2,3)25(29)30)20-24(19-22)13-9-5-7-11-15-27(16-17-27)31-21-28/h18-21H,4-17H2,1-3H3,(H,29,30). The number of rotatable bonds is 17. The quantitative estimate of drug-likeness (QED) is 0.218. The Morgan fingerprint density at radius 3 is 2.03 bits per heavy atom. The van der Waals surface area contributed by atoms with Gasteiger partial charge in [-0.15, -0.1) is 0 Å². The lowest BCUT2D eigenvalue weighted by Crippen LogP contribution is -2.23. The first-order valence-electron chi connectivity index (χ1n) is 12.2. The minimum absolute atomic E-state index is 0.0976. The van der Waals surface area contributed by atoms with Gasteiger partial charge in [0.05, 0.1) is 5.41 Å². The van der Waals surface area contributed by atoms with E-state index < -0.39 is 11.4 Å². The molecule has 4 heteroatoms. The van der Waals surface area contributed by atoms with Crippen molar-refractivity contribution < 1.29 is 19.4 Å². The number of benzene rings is 1. The fraction of sp³-hybridized carbons (Fsp3) is 0.704. The van der Waals surface area contributed by atoms with Gasteiger partial charge < -0.3 is 9.84 Å². The van der Waals surface area contributed by atoms with Crippen molar-refractivity contribution in [3.05, 3.63) is 34.9 Å². The molecule has 1 N–H and O–H groups in total. The maximum atomic E-state index is 11.2. The summed E-state index contributed by atoms with van der Waals surface area (Å²) in [5.74, 6) is -0.696. The van der Waals surface area contributed by atoms with Crippen LogP contribution in [0, 0.1) is 12.3 Å². The van der Waals surface area contributed by atoms with Crippen molar-refractivity contribution in [1.29, 1.82) is 0 Å². The molecule has 0 aromatic heterocycles. The van der Waals surface area contributed by atoms with Gasteiger partial charge in [0.2, 0.25) is 0 Å². The first-order chi connectivity index (χ1) is 14.8. The zero-order chi connectivity index (χ0) is 22.7. The fourth-order valence-electron chi connectivity index (χ4n) is 4.39. The fourth-order valence-corrected chi connectivity index (χ4v) is 4.39. The average Bonchev–Trinajstić information content (AvgIpc) is 3.46. The summed E-state index contributed by atoms with van der Waals surface area (Å²) in [4.78, 5) is 21.7. The Morgan fingerprint density at radius 2 is 1.52 bits per heavy atom. The van der Waals surface area contributed by atoms with E-state index in [0.29, 0.717) is 6.47 Å². The number of carbonyl (C=O) groups is 2. The molecule has 0 aliphatic heterocycles. The largest absolute Gasteiger partial charge is 0.481 e. The third-order valence-corrected chi connectivity index (χ3v) is 6.75. The molecule has 174 valence electrons. The average molecular weight is 431 g/mol. The maximum absolute atomic E-state index is 11.2. The number of aryl methyl sites for hydroxylation is 3. The summed E-state index contributed by atoms with van der Waals surface area (Å²) in [5, 5.41) is 9.19. The van der Waals surface area contributed by atoms with E-state index in [1.54, 1.807) is 0 Å². The Labute approximate surface area is 188 Å². The van der Waals surface area contributed by atoms with Crippen molar-refractivity contribution in [1.82, 2.24) is 0 Å². The zero-order valence-corrected chi connectivity index (χ0v) is 19.9. The summed E-state index contributed by atoms with van der Waals surface area (Å²) in [6.45, 7) is 6.43. The summed E-state index contributed by atoms with van der Waals surface area (Å²) in [7, 11) is 0. The van der Waals surface area contributed by atoms with Crippen molar-refractivity contribution in [2.75, 3.05) is 0 Å². The molecule has 1 aliphatic carbocycles. The van der Waals surface area contributed by atoms with Gasteiger partial charge in [-0.1, -0.05) is 55.9 Å². The molecule has 0 heterocycles. The number of carbonyl (C=O) groups excluding carboxylic acids is 1. The van der Waals surface area contributed by atoms with Crippen LogP contribution >= 0.6 is 0 Å². The number of unbranched alkanes of at least 4 members (excludes halogenated alkanes) is 6. The van der Waals surface area contributed by atoms with Crippen LogP contribution in [0.3, 0.4) is 0 Å². The van der Waals surface area contributed by atoms with Crippen LogP contribution in [0.4, 0.5) is 0 Å². The Bertz CT molecular complexity index is 703. The highest BCUT2D eigenvalue weighted by Crippen LogP contribution is 2.43. The second-order valence-electron chi connectivity index (χ2n) is 10.2. The summed E-state index contributed by atoms with van der Waals surface area (Å²) in [6.07, 6.45) is 15.3. The lowest BCUT2D eigenvalue weighted by molar-refractivity contribution is -0.147. The smallest absolute Gasteiger partial charge is 0.309 e. The number of hydrogen-bond acceptors (Lipinski definition) is 3. The maximum Gasteiger partial charge on any atom is 0.309 e. The van der Waals surface area contributed by atoms with Crippen molar-refractivity contribution in [2.24, 2.45) is 5.41 Å². The van der Waals surface area contributed by atoms with Gasteiger partial charge in [0.1, 0.15) is 5.60 Å². The Hall–Kier alpha value is -1.84. The van der Waals surface area contributed by atoms with Gasteiger partial charge in [0.25, 0.3) is 6.47 Å². The van der Waals surface area contributed by atoms with Crippen molar-refractivity contribution in [3.8, 4) is 0 Å². The molecule has 1 aliphatic rings. The second kappa shape index (κ2) is 12.3. The van der Waals surface area contributed by atoms with Crippen LogP contribution in [0.25, 0.3) is 0 Å². The molecular formula is C27H42O4. The molecule has 2 rings (SSSR count). The van der Waals surface area contributed by atoms with Gasteiger partial charge >= 0.3 is 5.97 Å². The Balaban J connectivity index is 1.60. The first-order valence-corrected chi connectivity index (χ1v) is 12.2. The lowest BCUT2D eigenvalue weighted by atomic mass is 9.87. The third kappa shape index (κ3) is 9.45. The highest BCUT2D eigenvalue weighted by molar-refractivity contribution is 5.73. The Kier molecular flexibility index (Phi) is 10.1. The van der Waals surface area contributed by atoms with E-state index in [9.17, 15) is 14.7 Å². The second-order valence-corrected chi connectivity index (χ2v) is 10.2. The number of ether oxygens (including phenoxy) is 1. The molecule has 1 saturated carbocycles. The van der Waals surface area contributed by atoms with E-state index in [2.05, 4.69) is 25.1 Å². The van der Waals surface area contributed by atoms with Crippen LogP contribution in [-0.4, -0.2) is 23.1 Å². The molecule has 1 aromatic carbocycles. The third-order valence-electron chi connectivity index (χ3n) is 6.75. The van der Waals surface area contributed by atoms with Crippen LogP contribution < -0.4 is 0 Å². The van der Waals surface area contributed by atoms with E-state index in [0.717, 1.165) is 64.2 Å². The van der Waals surface area contributed by atoms with Crippen molar-refractivity contribution >= 4 is 12.4 Å². The molecule has 0 amide bonds. The summed E-state index contributed by atoms with van der Waals surface area (Å²) < 4.78 is 5.22.